The molecule has 0 saturated heterocycles. The molecule has 0 bridgehead atoms. The normalized spacial score (nSPS) is 10.2. The maximum Gasteiger partial charge on any atom is 0.330 e. The zero-order valence-corrected chi connectivity index (χ0v) is 11.8. The number of hydrogen-bond donors (Lipinski definition) is 2. The third kappa shape index (κ3) is 3.06. The van der Waals surface area contributed by atoms with Crippen LogP contribution < -0.4 is 16.2 Å². The summed E-state index contributed by atoms with van der Waals surface area (Å²) in [4.78, 5) is 20.0. The molecule has 0 spiro atoms. The number of aryl methyl sites for hydroxylation is 1. The zero-order valence-electron chi connectivity index (χ0n) is 11.8. The fourth-order valence-electron chi connectivity index (χ4n) is 1.89. The number of nitrogens with zero attached hydrogens (tertiary/aromatic N) is 4. The number of aromatic nitrogens is 2. The molecular formula is C13H16N6O2. The second-order valence-corrected chi connectivity index (χ2v) is 4.38. The van der Waals surface area contributed by atoms with Gasteiger partial charge in [0.2, 0.25) is 11.8 Å². The van der Waals surface area contributed by atoms with Crippen LogP contribution in [0.3, 0.4) is 0 Å². The Bertz CT molecular complexity index is 644. The Labute approximate surface area is 121 Å². The number of nitro groups is 1. The van der Waals surface area contributed by atoms with Crippen LogP contribution in [-0.4, -0.2) is 21.9 Å². The topological polar surface area (TPSA) is 110 Å². The van der Waals surface area contributed by atoms with Gasteiger partial charge in [0.25, 0.3) is 0 Å². The van der Waals surface area contributed by atoms with E-state index in [0.29, 0.717) is 0 Å². The molecule has 1 aromatic heterocycles. The highest BCUT2D eigenvalue weighted by atomic mass is 16.6. The van der Waals surface area contributed by atoms with Crippen LogP contribution in [0.2, 0.25) is 0 Å². The fourth-order valence-corrected chi connectivity index (χ4v) is 1.89. The first-order chi connectivity index (χ1) is 10.1. The van der Waals surface area contributed by atoms with Crippen molar-refractivity contribution in [3.8, 4) is 0 Å². The van der Waals surface area contributed by atoms with E-state index in [9.17, 15) is 10.1 Å². The molecule has 8 nitrogen and oxygen atoms in total. The van der Waals surface area contributed by atoms with Gasteiger partial charge in [-0.1, -0.05) is 19.1 Å². The minimum Gasteiger partial charge on any atom is -0.324 e. The van der Waals surface area contributed by atoms with Crippen molar-refractivity contribution >= 4 is 23.1 Å². The van der Waals surface area contributed by atoms with Gasteiger partial charge in [0, 0.05) is 12.7 Å². The molecular weight excluding hydrogens is 272 g/mol. The largest absolute Gasteiger partial charge is 0.330 e. The van der Waals surface area contributed by atoms with Crippen LogP contribution in [0.15, 0.2) is 30.5 Å². The molecule has 0 unspecified atom stereocenters. The molecule has 8 heteroatoms. The molecule has 2 aromatic rings. The summed E-state index contributed by atoms with van der Waals surface area (Å²) in [6.07, 6.45) is 2.06. The predicted octanol–water partition coefficient (Wildman–Crippen LogP) is 2.00. The zero-order chi connectivity index (χ0) is 15.4. The number of benzene rings is 1. The predicted molar refractivity (Wildman–Crippen MR) is 80.4 cm³/mol. The van der Waals surface area contributed by atoms with Gasteiger partial charge >= 0.3 is 5.69 Å². The number of nitrogens with two attached hydrogens (primary N) is 1. The van der Waals surface area contributed by atoms with Crippen LogP contribution >= 0.6 is 0 Å². The van der Waals surface area contributed by atoms with Gasteiger partial charge in [-0.15, -0.1) is 0 Å². The van der Waals surface area contributed by atoms with Crippen molar-refractivity contribution in [1.82, 2.24) is 9.97 Å². The molecule has 0 atom stereocenters. The van der Waals surface area contributed by atoms with Crippen LogP contribution in [0.25, 0.3) is 0 Å². The van der Waals surface area contributed by atoms with Gasteiger partial charge in [-0.2, -0.15) is 4.98 Å². The smallest absolute Gasteiger partial charge is 0.324 e. The van der Waals surface area contributed by atoms with Crippen molar-refractivity contribution in [2.45, 2.75) is 13.3 Å². The molecule has 0 radical (unpaired) electrons. The van der Waals surface area contributed by atoms with Crippen molar-refractivity contribution in [3.63, 3.8) is 0 Å². The highest BCUT2D eigenvalue weighted by molar-refractivity contribution is 5.68. The van der Waals surface area contributed by atoms with E-state index in [1.807, 2.05) is 24.3 Å². The Hall–Kier alpha value is -2.74. The van der Waals surface area contributed by atoms with Crippen molar-refractivity contribution in [1.29, 1.82) is 0 Å². The summed E-state index contributed by atoms with van der Waals surface area (Å²) >= 11 is 0. The minimum atomic E-state index is -0.521. The van der Waals surface area contributed by atoms with Gasteiger partial charge in [0.1, 0.15) is 6.20 Å². The lowest BCUT2D eigenvalue weighted by molar-refractivity contribution is -0.384. The van der Waals surface area contributed by atoms with E-state index < -0.39 is 4.92 Å². The third-order valence-corrected chi connectivity index (χ3v) is 3.13. The SMILES string of the molecule is CCc1ccc(N(C)c2nc(NN)ncc2[N+](=O)[O-])cc1. The number of hydrogen-bond acceptors (Lipinski definition) is 7. The summed E-state index contributed by atoms with van der Waals surface area (Å²) < 4.78 is 0. The van der Waals surface area contributed by atoms with E-state index in [1.165, 1.54) is 5.56 Å². The van der Waals surface area contributed by atoms with Crippen molar-refractivity contribution in [2.75, 3.05) is 17.4 Å². The second-order valence-electron chi connectivity index (χ2n) is 4.38. The molecule has 3 N–H and O–H groups in total. The standard InChI is InChI=1S/C13H16N6O2/c1-3-9-4-6-10(7-5-9)18(2)12-11(19(20)21)8-15-13(16-12)17-14/h4-8H,3,14H2,1-2H3,(H,15,16,17). The van der Waals surface area contributed by atoms with E-state index >= 15 is 0 Å². The fraction of sp³-hybridized carbons (Fsp3) is 0.231. The Morgan fingerprint density at radius 2 is 2.05 bits per heavy atom. The molecule has 110 valence electrons. The summed E-state index contributed by atoms with van der Waals surface area (Å²) in [5.41, 5.74) is 4.08. The maximum absolute atomic E-state index is 11.1. The van der Waals surface area contributed by atoms with Crippen LogP contribution in [0.4, 0.5) is 23.1 Å². The molecule has 0 fully saturated rings. The second kappa shape index (κ2) is 6.14. The number of hydrazine groups is 1. The molecule has 1 heterocycles. The number of nitrogens with one attached hydrogen (secondary N) is 1. The maximum atomic E-state index is 11.1. The first kappa shape index (κ1) is 14.7. The molecule has 0 aliphatic carbocycles. The van der Waals surface area contributed by atoms with Gasteiger partial charge in [0.15, 0.2) is 0 Å². The molecule has 2 rings (SSSR count). The molecule has 0 aliphatic rings. The number of nitrogen functional groups attached to an aromatic ring is 1. The Morgan fingerprint density at radius 3 is 2.57 bits per heavy atom. The lowest BCUT2D eigenvalue weighted by atomic mass is 10.1. The Kier molecular flexibility index (Phi) is 4.29. The van der Waals surface area contributed by atoms with Crippen molar-refractivity contribution < 1.29 is 4.92 Å². The molecule has 0 amide bonds. The van der Waals surface area contributed by atoms with E-state index in [-0.39, 0.29) is 17.5 Å². The highest BCUT2D eigenvalue weighted by Crippen LogP contribution is 2.30. The van der Waals surface area contributed by atoms with Gasteiger partial charge in [-0.3, -0.25) is 15.5 Å². The first-order valence-electron chi connectivity index (χ1n) is 6.37. The molecule has 0 aliphatic heterocycles. The summed E-state index contributed by atoms with van der Waals surface area (Å²) in [5, 5.41) is 11.1. The van der Waals surface area contributed by atoms with Crippen LogP contribution in [0.5, 0.6) is 0 Å². The van der Waals surface area contributed by atoms with Crippen LogP contribution in [-0.2, 0) is 6.42 Å². The van der Waals surface area contributed by atoms with E-state index in [0.717, 1.165) is 18.3 Å². The van der Waals surface area contributed by atoms with Gasteiger partial charge < -0.3 is 4.90 Å². The van der Waals surface area contributed by atoms with Crippen molar-refractivity contribution in [3.05, 3.63) is 46.1 Å². The quantitative estimate of drug-likeness (QED) is 0.491. The van der Waals surface area contributed by atoms with Crippen LogP contribution in [0, 0.1) is 10.1 Å². The summed E-state index contributed by atoms with van der Waals surface area (Å²) in [7, 11) is 1.70. The summed E-state index contributed by atoms with van der Waals surface area (Å²) in [6, 6.07) is 7.72. The van der Waals surface area contributed by atoms with Gasteiger partial charge in [0.05, 0.1) is 4.92 Å². The highest BCUT2D eigenvalue weighted by Gasteiger charge is 2.21. The first-order valence-corrected chi connectivity index (χ1v) is 6.37. The summed E-state index contributed by atoms with van der Waals surface area (Å²) in [6.45, 7) is 2.06. The van der Waals surface area contributed by atoms with Gasteiger partial charge in [-0.25, -0.2) is 10.8 Å². The lowest BCUT2D eigenvalue weighted by Crippen LogP contribution is -2.17. The Morgan fingerprint density at radius 1 is 1.38 bits per heavy atom. The van der Waals surface area contributed by atoms with Gasteiger partial charge in [-0.05, 0) is 24.1 Å². The number of rotatable bonds is 5. The molecule has 0 saturated carbocycles. The van der Waals surface area contributed by atoms with Crippen LogP contribution in [0.1, 0.15) is 12.5 Å². The monoisotopic (exact) mass is 288 g/mol. The lowest BCUT2D eigenvalue weighted by Gasteiger charge is -2.18. The van der Waals surface area contributed by atoms with E-state index in [1.54, 1.807) is 11.9 Å². The van der Waals surface area contributed by atoms with E-state index in [4.69, 9.17) is 5.84 Å². The molecule has 1 aromatic carbocycles. The van der Waals surface area contributed by atoms with Crippen molar-refractivity contribution in [2.24, 2.45) is 5.84 Å². The Balaban J connectivity index is 2.44. The third-order valence-electron chi connectivity index (χ3n) is 3.13. The average molecular weight is 288 g/mol. The summed E-state index contributed by atoms with van der Waals surface area (Å²) in [5.74, 6) is 5.55. The molecule has 21 heavy (non-hydrogen) atoms. The average Bonchev–Trinajstić information content (AvgIpc) is 2.53. The number of anilines is 3. The minimum absolute atomic E-state index is 0.118. The van der Waals surface area contributed by atoms with E-state index in [2.05, 4.69) is 22.3 Å².